The Labute approximate surface area is 168 Å². The second kappa shape index (κ2) is 9.69. The number of aliphatic imine (C=N–C) groups is 1. The van der Waals surface area contributed by atoms with Gasteiger partial charge in [0.25, 0.3) is 0 Å². The topological polar surface area (TPSA) is 40.1 Å². The average molecular weight is 391 g/mol. The third-order valence-corrected chi connectivity index (χ3v) is 7.03. The molecule has 0 amide bonds. The van der Waals surface area contributed by atoms with Gasteiger partial charge in [0, 0.05) is 63.4 Å². The number of guanidine groups is 1. The largest absolute Gasteiger partial charge is 0.381 e. The van der Waals surface area contributed by atoms with Crippen molar-refractivity contribution in [3.63, 3.8) is 0 Å². The first-order valence-electron chi connectivity index (χ1n) is 10.1. The fourth-order valence-corrected chi connectivity index (χ4v) is 5.24. The second-order valence-corrected chi connectivity index (χ2v) is 9.17. The van der Waals surface area contributed by atoms with E-state index < -0.39 is 0 Å². The highest BCUT2D eigenvalue weighted by Crippen LogP contribution is 2.34. The van der Waals surface area contributed by atoms with E-state index in [1.807, 2.05) is 7.05 Å². The molecule has 2 fully saturated rings. The van der Waals surface area contributed by atoms with Gasteiger partial charge in [0.15, 0.2) is 5.96 Å². The SMILES string of the molecule is CCSC1(CNC(=NC)N2CCN(c3cccc(C)c3)CC2)CCOCC1. The van der Waals surface area contributed by atoms with Crippen LogP contribution in [-0.4, -0.2) is 74.3 Å². The first kappa shape index (κ1) is 20.3. The van der Waals surface area contributed by atoms with Crippen molar-refractivity contribution in [2.24, 2.45) is 4.99 Å². The first-order chi connectivity index (χ1) is 13.2. The fraction of sp³-hybridized carbons (Fsp3) is 0.667. The van der Waals surface area contributed by atoms with Crippen molar-refractivity contribution >= 4 is 23.4 Å². The summed E-state index contributed by atoms with van der Waals surface area (Å²) in [5.41, 5.74) is 2.65. The first-order valence-corrected chi connectivity index (χ1v) is 11.1. The normalized spacial score (nSPS) is 20.6. The van der Waals surface area contributed by atoms with Gasteiger partial charge >= 0.3 is 0 Å². The van der Waals surface area contributed by atoms with Crippen molar-refractivity contribution in [1.82, 2.24) is 10.2 Å². The molecule has 0 saturated carbocycles. The minimum Gasteiger partial charge on any atom is -0.381 e. The molecule has 27 heavy (non-hydrogen) atoms. The van der Waals surface area contributed by atoms with Crippen molar-refractivity contribution in [3.05, 3.63) is 29.8 Å². The van der Waals surface area contributed by atoms with Gasteiger partial charge < -0.3 is 19.9 Å². The smallest absolute Gasteiger partial charge is 0.193 e. The molecule has 2 aliphatic rings. The van der Waals surface area contributed by atoms with E-state index in [0.29, 0.717) is 0 Å². The number of hydrogen-bond donors (Lipinski definition) is 1. The van der Waals surface area contributed by atoms with Crippen LogP contribution < -0.4 is 10.2 Å². The zero-order valence-corrected chi connectivity index (χ0v) is 17.9. The van der Waals surface area contributed by atoms with Gasteiger partial charge in [-0.1, -0.05) is 19.1 Å². The minimum absolute atomic E-state index is 0.284. The standard InChI is InChI=1S/C21H34N4OS/c1-4-27-21(8-14-26-15-9-21)17-23-20(22-3)25-12-10-24(11-13-25)19-7-5-6-18(2)16-19/h5-7,16H,4,8-15,17H2,1-3H3,(H,22,23). The van der Waals surface area contributed by atoms with Gasteiger partial charge in [0.2, 0.25) is 0 Å². The molecule has 0 aliphatic carbocycles. The van der Waals surface area contributed by atoms with Crippen LogP contribution >= 0.6 is 11.8 Å². The highest BCUT2D eigenvalue weighted by Gasteiger charge is 2.33. The lowest BCUT2D eigenvalue weighted by Crippen LogP contribution is -2.55. The van der Waals surface area contributed by atoms with Crippen LogP contribution in [0.2, 0.25) is 0 Å². The number of nitrogens with one attached hydrogen (secondary N) is 1. The zero-order valence-electron chi connectivity index (χ0n) is 17.0. The molecule has 1 N–H and O–H groups in total. The van der Waals surface area contributed by atoms with Crippen molar-refractivity contribution in [2.45, 2.75) is 31.4 Å². The Morgan fingerprint density at radius 1 is 1.22 bits per heavy atom. The summed E-state index contributed by atoms with van der Waals surface area (Å²) in [5.74, 6) is 2.19. The molecule has 0 spiro atoms. The molecule has 1 aromatic carbocycles. The van der Waals surface area contributed by atoms with Crippen LogP contribution in [0.3, 0.4) is 0 Å². The number of rotatable bonds is 5. The summed E-state index contributed by atoms with van der Waals surface area (Å²) in [6, 6.07) is 8.80. The summed E-state index contributed by atoms with van der Waals surface area (Å²) in [4.78, 5) is 9.45. The van der Waals surface area contributed by atoms with Crippen LogP contribution in [0, 0.1) is 6.92 Å². The third-order valence-electron chi connectivity index (χ3n) is 5.58. The minimum atomic E-state index is 0.284. The molecule has 5 nitrogen and oxygen atoms in total. The number of aryl methyl sites for hydroxylation is 1. The molecule has 2 saturated heterocycles. The Hall–Kier alpha value is -1.40. The van der Waals surface area contributed by atoms with E-state index in [9.17, 15) is 0 Å². The molecule has 150 valence electrons. The summed E-state index contributed by atoms with van der Waals surface area (Å²) < 4.78 is 5.88. The van der Waals surface area contributed by atoms with Crippen LogP contribution in [-0.2, 0) is 4.74 Å². The lowest BCUT2D eigenvalue weighted by Gasteiger charge is -2.40. The maximum Gasteiger partial charge on any atom is 0.193 e. The molecule has 0 atom stereocenters. The van der Waals surface area contributed by atoms with E-state index >= 15 is 0 Å². The third kappa shape index (κ3) is 5.32. The van der Waals surface area contributed by atoms with Crippen LogP contribution in [0.15, 0.2) is 29.3 Å². The summed E-state index contributed by atoms with van der Waals surface area (Å²) in [7, 11) is 1.90. The summed E-state index contributed by atoms with van der Waals surface area (Å²) in [6.07, 6.45) is 2.24. The Morgan fingerprint density at radius 3 is 2.59 bits per heavy atom. The number of benzene rings is 1. The Kier molecular flexibility index (Phi) is 7.30. The Bertz CT molecular complexity index is 617. The van der Waals surface area contributed by atoms with Crippen LogP contribution in [0.25, 0.3) is 0 Å². The predicted molar refractivity (Wildman–Crippen MR) is 117 cm³/mol. The zero-order chi connectivity index (χ0) is 19.1. The lowest BCUT2D eigenvalue weighted by atomic mass is 9.99. The molecule has 0 unspecified atom stereocenters. The fourth-order valence-electron chi connectivity index (χ4n) is 4.00. The molecule has 3 rings (SSSR count). The molecule has 0 radical (unpaired) electrons. The summed E-state index contributed by atoms with van der Waals surface area (Å²) in [6.45, 7) is 11.2. The van der Waals surface area contributed by atoms with Crippen LogP contribution in [0.1, 0.15) is 25.3 Å². The number of piperazine rings is 1. The summed E-state index contributed by atoms with van der Waals surface area (Å²) >= 11 is 2.07. The number of nitrogens with zero attached hydrogens (tertiary/aromatic N) is 3. The van der Waals surface area contributed by atoms with Crippen molar-refractivity contribution in [1.29, 1.82) is 0 Å². The van der Waals surface area contributed by atoms with Crippen LogP contribution in [0.5, 0.6) is 0 Å². The quantitative estimate of drug-likeness (QED) is 0.618. The molecule has 0 aromatic heterocycles. The molecular formula is C21H34N4OS. The summed E-state index contributed by atoms with van der Waals surface area (Å²) in [5, 5.41) is 3.68. The number of hydrogen-bond acceptors (Lipinski definition) is 4. The lowest BCUT2D eigenvalue weighted by molar-refractivity contribution is 0.0780. The van der Waals surface area contributed by atoms with Gasteiger partial charge in [-0.2, -0.15) is 11.8 Å². The van der Waals surface area contributed by atoms with Crippen molar-refractivity contribution < 1.29 is 4.74 Å². The van der Waals surface area contributed by atoms with Gasteiger partial charge in [-0.15, -0.1) is 0 Å². The van der Waals surface area contributed by atoms with E-state index in [1.165, 1.54) is 11.3 Å². The van der Waals surface area contributed by atoms with E-state index in [4.69, 9.17) is 4.74 Å². The highest BCUT2D eigenvalue weighted by atomic mass is 32.2. The number of thioether (sulfide) groups is 1. The highest BCUT2D eigenvalue weighted by molar-refractivity contribution is 8.00. The second-order valence-electron chi connectivity index (χ2n) is 7.44. The molecule has 0 bridgehead atoms. The Balaban J connectivity index is 1.54. The van der Waals surface area contributed by atoms with E-state index in [-0.39, 0.29) is 4.75 Å². The molecule has 2 aliphatic heterocycles. The van der Waals surface area contributed by atoms with Crippen LogP contribution in [0.4, 0.5) is 5.69 Å². The monoisotopic (exact) mass is 390 g/mol. The number of anilines is 1. The van der Waals surface area contributed by atoms with Crippen molar-refractivity contribution in [2.75, 3.05) is 63.6 Å². The van der Waals surface area contributed by atoms with Gasteiger partial charge in [-0.05, 0) is 43.2 Å². The predicted octanol–water partition coefficient (Wildman–Crippen LogP) is 2.99. The van der Waals surface area contributed by atoms with Gasteiger partial charge in [0.1, 0.15) is 0 Å². The molecule has 6 heteroatoms. The molecule has 1 aromatic rings. The van der Waals surface area contributed by atoms with Crippen molar-refractivity contribution in [3.8, 4) is 0 Å². The molecular weight excluding hydrogens is 356 g/mol. The Morgan fingerprint density at radius 2 is 1.96 bits per heavy atom. The maximum atomic E-state index is 5.60. The number of ether oxygens (including phenoxy) is 1. The maximum absolute atomic E-state index is 5.60. The van der Waals surface area contributed by atoms with Gasteiger partial charge in [-0.25, -0.2) is 0 Å². The van der Waals surface area contributed by atoms with E-state index in [1.54, 1.807) is 0 Å². The molecule has 2 heterocycles. The van der Waals surface area contributed by atoms with Gasteiger partial charge in [-0.3, -0.25) is 4.99 Å². The average Bonchev–Trinajstić information content (AvgIpc) is 2.70. The van der Waals surface area contributed by atoms with E-state index in [2.05, 4.69) is 70.0 Å². The van der Waals surface area contributed by atoms with E-state index in [0.717, 1.165) is 70.5 Å². The van der Waals surface area contributed by atoms with Gasteiger partial charge in [0.05, 0.1) is 0 Å².